The molecule has 2 aromatic carbocycles. The van der Waals surface area contributed by atoms with Crippen molar-refractivity contribution in [2.45, 2.75) is 58.7 Å². The summed E-state index contributed by atoms with van der Waals surface area (Å²) in [6, 6.07) is 10.2. The van der Waals surface area contributed by atoms with Crippen molar-refractivity contribution in [3.63, 3.8) is 0 Å². The van der Waals surface area contributed by atoms with Gasteiger partial charge in [-0.25, -0.2) is 4.79 Å². The van der Waals surface area contributed by atoms with E-state index in [9.17, 15) is 4.79 Å². The van der Waals surface area contributed by atoms with Crippen LogP contribution >= 0.6 is 0 Å². The largest absolute Gasteiger partial charge is 0.497 e. The number of nitrogens with zero attached hydrogens (tertiary/aromatic N) is 5. The van der Waals surface area contributed by atoms with Gasteiger partial charge in [0.1, 0.15) is 11.5 Å². The number of carbonyl (C=O) groups is 1. The Morgan fingerprint density at radius 2 is 1.77 bits per heavy atom. The first kappa shape index (κ1) is 26.9. The Balaban J connectivity index is 1.41. The molecule has 0 atom stereocenters. The Labute approximate surface area is 231 Å². The van der Waals surface area contributed by atoms with Gasteiger partial charge in [-0.15, -0.1) is 0 Å². The quantitative estimate of drug-likeness (QED) is 0.382. The zero-order valence-corrected chi connectivity index (χ0v) is 23.7. The molecule has 2 amide bonds. The lowest BCUT2D eigenvalue weighted by Gasteiger charge is -2.44. The van der Waals surface area contributed by atoms with Crippen LogP contribution in [0.1, 0.15) is 49.8 Å². The molecule has 3 aromatic rings. The number of amides is 2. The lowest BCUT2D eigenvalue weighted by Crippen LogP contribution is -2.53. The first-order valence-corrected chi connectivity index (χ1v) is 13.9. The Morgan fingerprint density at radius 3 is 2.46 bits per heavy atom. The van der Waals surface area contributed by atoms with E-state index >= 15 is 0 Å². The molecule has 2 aliphatic heterocycles. The average molecular weight is 530 g/mol. The van der Waals surface area contributed by atoms with E-state index in [2.05, 4.69) is 51.8 Å². The fourth-order valence-corrected chi connectivity index (χ4v) is 6.32. The molecule has 2 saturated heterocycles. The van der Waals surface area contributed by atoms with Gasteiger partial charge < -0.3 is 14.4 Å². The molecule has 1 aromatic heterocycles. The van der Waals surface area contributed by atoms with Crippen LogP contribution in [0, 0.1) is 6.92 Å². The zero-order chi connectivity index (χ0) is 27.6. The highest BCUT2D eigenvalue weighted by atomic mass is 16.5. The molecule has 39 heavy (non-hydrogen) atoms. The van der Waals surface area contributed by atoms with E-state index in [-0.39, 0.29) is 11.6 Å². The number of urea groups is 1. The smallest absolute Gasteiger partial charge is 0.325 e. The number of para-hydroxylation sites is 1. The molecule has 0 radical (unpaired) electrons. The second-order valence-corrected chi connectivity index (χ2v) is 10.4. The number of carbonyl (C=O) groups excluding carboxylic acids is 1. The van der Waals surface area contributed by atoms with Crippen molar-refractivity contribution in [3.05, 3.63) is 71.2 Å². The number of benzene rings is 2. The van der Waals surface area contributed by atoms with Crippen molar-refractivity contribution in [1.82, 2.24) is 24.7 Å². The second-order valence-electron chi connectivity index (χ2n) is 10.4. The number of hydrogen-bond acceptors (Lipinski definition) is 6. The summed E-state index contributed by atoms with van der Waals surface area (Å²) in [7, 11) is 3.32. The van der Waals surface area contributed by atoms with E-state index in [1.165, 1.54) is 5.56 Å². The Bertz CT molecular complexity index is 1370. The minimum atomic E-state index is -0.298. The fourth-order valence-electron chi connectivity index (χ4n) is 6.32. The van der Waals surface area contributed by atoms with E-state index < -0.39 is 0 Å². The first-order valence-electron chi connectivity index (χ1n) is 13.9. The molecule has 0 N–H and O–H groups in total. The highest BCUT2D eigenvalue weighted by molar-refractivity contribution is 5.82. The number of rotatable bonds is 8. The molecule has 0 unspecified atom stereocenters. The normalized spacial score (nSPS) is 18.5. The summed E-state index contributed by atoms with van der Waals surface area (Å²) >= 11 is 0. The Kier molecular flexibility index (Phi) is 7.75. The first-order chi connectivity index (χ1) is 18.9. The Morgan fingerprint density at radius 1 is 1.00 bits per heavy atom. The summed E-state index contributed by atoms with van der Waals surface area (Å²) in [5, 5.41) is 0. The van der Waals surface area contributed by atoms with E-state index in [1.807, 2.05) is 30.0 Å². The maximum Gasteiger partial charge on any atom is 0.325 e. The van der Waals surface area contributed by atoms with Crippen molar-refractivity contribution >= 4 is 17.1 Å². The summed E-state index contributed by atoms with van der Waals surface area (Å²) in [6.07, 6.45) is 8.42. The van der Waals surface area contributed by atoms with E-state index in [4.69, 9.17) is 9.47 Å². The number of ether oxygens (including phenoxy) is 2. The molecule has 206 valence electrons. The van der Waals surface area contributed by atoms with Crippen LogP contribution in [0.15, 0.2) is 54.5 Å². The summed E-state index contributed by atoms with van der Waals surface area (Å²) in [4.78, 5) is 29.6. The molecule has 1 spiro atoms. The van der Waals surface area contributed by atoms with Crippen LogP contribution < -0.4 is 9.47 Å². The molecule has 8 nitrogen and oxygen atoms in total. The highest BCUT2D eigenvalue weighted by Crippen LogP contribution is 2.45. The third kappa shape index (κ3) is 4.82. The van der Waals surface area contributed by atoms with Gasteiger partial charge >= 0.3 is 6.03 Å². The molecule has 2 aliphatic rings. The molecule has 5 rings (SSSR count). The minimum absolute atomic E-state index is 0.0798. The molecule has 0 aliphatic carbocycles. The summed E-state index contributed by atoms with van der Waals surface area (Å²) in [6.45, 7) is 10.1. The number of methoxy groups -OCH3 is 2. The number of fused-ring (bicyclic) bond motifs is 1. The van der Waals surface area contributed by atoms with Crippen LogP contribution in [0.25, 0.3) is 11.0 Å². The molecule has 8 heteroatoms. The topological polar surface area (TPSA) is 71.0 Å². The zero-order valence-electron chi connectivity index (χ0n) is 23.7. The predicted molar refractivity (Wildman–Crippen MR) is 153 cm³/mol. The van der Waals surface area contributed by atoms with Gasteiger partial charge in [-0.05, 0) is 61.9 Å². The number of aromatic nitrogens is 2. The summed E-state index contributed by atoms with van der Waals surface area (Å²) in [5.41, 5.74) is 5.98. The van der Waals surface area contributed by atoms with Crippen molar-refractivity contribution in [2.75, 3.05) is 33.9 Å². The third-order valence-corrected chi connectivity index (χ3v) is 8.34. The number of likely N-dealkylation sites (N-methyl/N-ethyl adjacent to an activating group) is 1. The third-order valence-electron chi connectivity index (χ3n) is 8.34. The molecular formula is C31H39N5O3. The van der Waals surface area contributed by atoms with Crippen molar-refractivity contribution in [2.24, 2.45) is 0 Å². The maximum absolute atomic E-state index is 14.0. The standard InChI is InChI=1S/C31H39N5O3/c1-6-9-28-31(12-16-34(17-13-31)20-23-10-8-11-26-29(23)33-15-14-32-26)36(7-2)30(37)35(28)21-24-18-25(38-4)19-27(39-5)22(24)3/h8-11,14-15,18-19H,6-7,12-13,16-17,20-21H2,1-5H3/b28-9-. The van der Waals surface area contributed by atoms with Gasteiger partial charge in [0.05, 0.1) is 37.3 Å². The van der Waals surface area contributed by atoms with Crippen LogP contribution in [0.5, 0.6) is 11.5 Å². The second kappa shape index (κ2) is 11.2. The van der Waals surface area contributed by atoms with Crippen LogP contribution in [0.4, 0.5) is 4.79 Å². The van der Waals surface area contributed by atoms with Crippen molar-refractivity contribution in [3.8, 4) is 11.5 Å². The number of piperidine rings is 1. The SMILES string of the molecule is CC/C=C1\N(Cc2cc(OC)cc(OC)c2C)C(=O)N(CC)C12CCN(Cc1cccc3nccnc13)CC2. The van der Waals surface area contributed by atoms with E-state index in [0.717, 1.165) is 78.3 Å². The van der Waals surface area contributed by atoms with Crippen LogP contribution in [-0.2, 0) is 13.1 Å². The average Bonchev–Trinajstić information content (AvgIpc) is 3.17. The van der Waals surface area contributed by atoms with Crippen LogP contribution in [0.2, 0.25) is 0 Å². The van der Waals surface area contributed by atoms with Gasteiger partial charge in [0.2, 0.25) is 0 Å². The molecule has 2 fully saturated rings. The van der Waals surface area contributed by atoms with Gasteiger partial charge in [0.15, 0.2) is 0 Å². The highest BCUT2D eigenvalue weighted by Gasteiger charge is 2.53. The van der Waals surface area contributed by atoms with Crippen LogP contribution in [-0.4, -0.2) is 70.1 Å². The molecule has 0 saturated carbocycles. The molecular weight excluding hydrogens is 490 g/mol. The van der Waals surface area contributed by atoms with Gasteiger partial charge in [0, 0.05) is 50.3 Å². The number of likely N-dealkylation sites (tertiary alicyclic amines) is 1. The van der Waals surface area contributed by atoms with Gasteiger partial charge in [-0.3, -0.25) is 19.8 Å². The van der Waals surface area contributed by atoms with Gasteiger partial charge in [0.25, 0.3) is 0 Å². The minimum Gasteiger partial charge on any atom is -0.497 e. The molecule has 0 bridgehead atoms. The van der Waals surface area contributed by atoms with E-state index in [1.54, 1.807) is 26.6 Å². The lowest BCUT2D eigenvalue weighted by molar-refractivity contribution is 0.0890. The lowest BCUT2D eigenvalue weighted by atomic mass is 9.82. The maximum atomic E-state index is 14.0. The number of allylic oxidation sites excluding steroid dienone is 1. The predicted octanol–water partition coefficient (Wildman–Crippen LogP) is 5.54. The Hall–Kier alpha value is -3.65. The van der Waals surface area contributed by atoms with Gasteiger partial charge in [-0.2, -0.15) is 0 Å². The fraction of sp³-hybridized carbons (Fsp3) is 0.452. The monoisotopic (exact) mass is 529 g/mol. The van der Waals surface area contributed by atoms with Crippen molar-refractivity contribution in [1.29, 1.82) is 0 Å². The number of hydrogen-bond donors (Lipinski definition) is 0. The summed E-state index contributed by atoms with van der Waals surface area (Å²) in [5.74, 6) is 1.50. The van der Waals surface area contributed by atoms with Gasteiger partial charge in [-0.1, -0.05) is 25.1 Å². The molecule has 3 heterocycles. The van der Waals surface area contributed by atoms with E-state index in [0.29, 0.717) is 13.1 Å². The van der Waals surface area contributed by atoms with Crippen LogP contribution in [0.3, 0.4) is 0 Å². The summed E-state index contributed by atoms with van der Waals surface area (Å²) < 4.78 is 11.1. The van der Waals surface area contributed by atoms with Crippen molar-refractivity contribution < 1.29 is 14.3 Å².